The second kappa shape index (κ2) is 6.93. The van der Waals surface area contributed by atoms with E-state index in [1.165, 1.54) is 0 Å². The minimum absolute atomic E-state index is 0.171. The SMILES string of the molecule is Cn1cc(CN2CCCC(O)(C(F)(F)F)CC2)c(-c2cc3ccccc3o2)n1. The molecule has 4 rings (SSSR count). The Kier molecular flexibility index (Phi) is 4.71. The molecule has 1 aliphatic heterocycles. The van der Waals surface area contributed by atoms with Crippen molar-refractivity contribution < 1.29 is 22.7 Å². The molecule has 8 heteroatoms. The second-order valence-electron chi connectivity index (χ2n) is 7.48. The smallest absolute Gasteiger partial charge is 0.417 e. The average molecular weight is 393 g/mol. The predicted molar refractivity (Wildman–Crippen MR) is 98.5 cm³/mol. The number of para-hydroxylation sites is 1. The van der Waals surface area contributed by atoms with E-state index in [1.807, 2.05) is 41.4 Å². The Morgan fingerprint density at radius 3 is 2.75 bits per heavy atom. The fraction of sp³-hybridized carbons (Fsp3) is 0.450. The topological polar surface area (TPSA) is 54.4 Å². The fourth-order valence-corrected chi connectivity index (χ4v) is 3.82. The van der Waals surface area contributed by atoms with Gasteiger partial charge in [-0.05, 0) is 37.9 Å². The standard InChI is InChI=1S/C20H22F3N3O2/c1-25-12-15(13-26-9-4-7-19(27,8-10-26)20(21,22)23)18(24-25)17-11-14-5-2-3-6-16(14)28-17/h2-3,5-6,11-12,27H,4,7-10,13H2,1H3. The van der Waals surface area contributed by atoms with Gasteiger partial charge in [0, 0.05) is 37.3 Å². The van der Waals surface area contributed by atoms with Gasteiger partial charge in [0.25, 0.3) is 0 Å². The van der Waals surface area contributed by atoms with Crippen LogP contribution in [0, 0.1) is 0 Å². The van der Waals surface area contributed by atoms with Gasteiger partial charge < -0.3 is 9.52 Å². The van der Waals surface area contributed by atoms with Gasteiger partial charge in [0.2, 0.25) is 0 Å². The number of aryl methyl sites for hydroxylation is 1. The van der Waals surface area contributed by atoms with E-state index in [0.29, 0.717) is 24.5 Å². The van der Waals surface area contributed by atoms with Crippen LogP contribution in [-0.2, 0) is 13.6 Å². The van der Waals surface area contributed by atoms with Gasteiger partial charge in [-0.15, -0.1) is 0 Å². The summed E-state index contributed by atoms with van der Waals surface area (Å²) in [6.45, 7) is 1.12. The molecule has 5 nitrogen and oxygen atoms in total. The first-order valence-electron chi connectivity index (χ1n) is 9.28. The van der Waals surface area contributed by atoms with Crippen molar-refractivity contribution >= 4 is 11.0 Å². The van der Waals surface area contributed by atoms with Crippen molar-refractivity contribution in [2.45, 2.75) is 37.6 Å². The molecule has 3 heterocycles. The van der Waals surface area contributed by atoms with E-state index in [1.54, 1.807) is 11.7 Å². The third kappa shape index (κ3) is 3.54. The van der Waals surface area contributed by atoms with Crippen LogP contribution in [0.15, 0.2) is 40.9 Å². The molecular weight excluding hydrogens is 371 g/mol. The van der Waals surface area contributed by atoms with E-state index in [2.05, 4.69) is 5.10 Å². The summed E-state index contributed by atoms with van der Waals surface area (Å²) >= 11 is 0. The number of aliphatic hydroxyl groups is 1. The van der Waals surface area contributed by atoms with E-state index >= 15 is 0 Å². The maximum atomic E-state index is 13.2. The highest BCUT2D eigenvalue weighted by atomic mass is 19.4. The number of likely N-dealkylation sites (tertiary alicyclic amines) is 1. The normalized spacial score (nSPS) is 21.9. The average Bonchev–Trinajstić information content (AvgIpc) is 3.15. The van der Waals surface area contributed by atoms with Crippen molar-refractivity contribution in [3.05, 3.63) is 42.1 Å². The van der Waals surface area contributed by atoms with Crippen LogP contribution < -0.4 is 0 Å². The molecule has 0 spiro atoms. The summed E-state index contributed by atoms with van der Waals surface area (Å²) in [6, 6.07) is 9.59. The van der Waals surface area contributed by atoms with Crippen molar-refractivity contribution in [2.75, 3.05) is 13.1 Å². The van der Waals surface area contributed by atoms with Crippen molar-refractivity contribution in [3.63, 3.8) is 0 Å². The second-order valence-corrected chi connectivity index (χ2v) is 7.48. The maximum absolute atomic E-state index is 13.2. The summed E-state index contributed by atoms with van der Waals surface area (Å²) in [5.74, 6) is 0.637. The predicted octanol–water partition coefficient (Wildman–Crippen LogP) is 4.11. The highest BCUT2D eigenvalue weighted by Crippen LogP contribution is 2.38. The highest BCUT2D eigenvalue weighted by molar-refractivity contribution is 5.82. The van der Waals surface area contributed by atoms with Gasteiger partial charge in [-0.1, -0.05) is 18.2 Å². The molecule has 0 aliphatic carbocycles. The van der Waals surface area contributed by atoms with Gasteiger partial charge in [0.1, 0.15) is 11.3 Å². The summed E-state index contributed by atoms with van der Waals surface area (Å²) in [4.78, 5) is 1.94. The first kappa shape index (κ1) is 19.0. The minimum atomic E-state index is -4.60. The van der Waals surface area contributed by atoms with Crippen LogP contribution >= 0.6 is 0 Å². The summed E-state index contributed by atoms with van der Waals surface area (Å²) in [5.41, 5.74) is -0.259. The number of nitrogens with zero attached hydrogens (tertiary/aromatic N) is 3. The van der Waals surface area contributed by atoms with Crippen molar-refractivity contribution in [3.8, 4) is 11.5 Å². The van der Waals surface area contributed by atoms with Crippen LogP contribution in [0.5, 0.6) is 0 Å². The summed E-state index contributed by atoms with van der Waals surface area (Å²) in [7, 11) is 1.81. The van der Waals surface area contributed by atoms with E-state index in [-0.39, 0.29) is 25.8 Å². The molecule has 150 valence electrons. The molecule has 1 aromatic carbocycles. The number of alkyl halides is 3. The first-order valence-corrected chi connectivity index (χ1v) is 9.28. The number of furan rings is 1. The number of hydrogen-bond donors (Lipinski definition) is 1. The molecule has 1 saturated heterocycles. The quantitative estimate of drug-likeness (QED) is 0.728. The largest absolute Gasteiger partial charge is 0.454 e. The first-order chi connectivity index (χ1) is 13.2. The van der Waals surface area contributed by atoms with Crippen LogP contribution in [-0.4, -0.2) is 44.7 Å². The zero-order chi connectivity index (χ0) is 19.9. The Hall–Kier alpha value is -2.32. The Labute approximate surface area is 160 Å². The molecular formula is C20H22F3N3O2. The molecule has 0 radical (unpaired) electrons. The molecule has 3 aromatic rings. The number of fused-ring (bicyclic) bond motifs is 1. The van der Waals surface area contributed by atoms with Crippen LogP contribution in [0.4, 0.5) is 13.2 Å². The molecule has 1 N–H and O–H groups in total. The van der Waals surface area contributed by atoms with Gasteiger partial charge in [-0.25, -0.2) is 0 Å². The lowest BCUT2D eigenvalue weighted by Gasteiger charge is -2.29. The summed E-state index contributed by atoms with van der Waals surface area (Å²) in [5, 5.41) is 15.5. The van der Waals surface area contributed by atoms with Crippen LogP contribution in [0.2, 0.25) is 0 Å². The zero-order valence-electron chi connectivity index (χ0n) is 15.5. The molecule has 1 atom stereocenters. The lowest BCUT2D eigenvalue weighted by atomic mass is 9.94. The Bertz CT molecular complexity index is 946. The van der Waals surface area contributed by atoms with Gasteiger partial charge in [-0.2, -0.15) is 18.3 Å². The van der Waals surface area contributed by atoms with Crippen molar-refractivity contribution in [1.29, 1.82) is 0 Å². The van der Waals surface area contributed by atoms with Crippen molar-refractivity contribution in [2.24, 2.45) is 7.05 Å². The van der Waals surface area contributed by atoms with Gasteiger partial charge >= 0.3 is 6.18 Å². The van der Waals surface area contributed by atoms with Crippen LogP contribution in [0.25, 0.3) is 22.4 Å². The van der Waals surface area contributed by atoms with E-state index in [0.717, 1.165) is 16.5 Å². The number of hydrogen-bond acceptors (Lipinski definition) is 4. The Morgan fingerprint density at radius 2 is 2.00 bits per heavy atom. The van der Waals surface area contributed by atoms with Crippen LogP contribution in [0.3, 0.4) is 0 Å². The molecule has 0 amide bonds. The molecule has 1 aliphatic rings. The Balaban J connectivity index is 1.56. The molecule has 2 aromatic heterocycles. The number of benzene rings is 1. The highest BCUT2D eigenvalue weighted by Gasteiger charge is 2.53. The summed E-state index contributed by atoms with van der Waals surface area (Å²) in [6.07, 6.45) is -3.04. The van der Waals surface area contributed by atoms with Crippen molar-refractivity contribution in [1.82, 2.24) is 14.7 Å². The number of aromatic nitrogens is 2. The van der Waals surface area contributed by atoms with E-state index in [4.69, 9.17) is 4.42 Å². The third-order valence-electron chi connectivity index (χ3n) is 5.39. The molecule has 0 bridgehead atoms. The molecule has 28 heavy (non-hydrogen) atoms. The fourth-order valence-electron chi connectivity index (χ4n) is 3.82. The van der Waals surface area contributed by atoms with Gasteiger partial charge in [0.15, 0.2) is 11.4 Å². The van der Waals surface area contributed by atoms with Gasteiger partial charge in [0.05, 0.1) is 0 Å². The van der Waals surface area contributed by atoms with E-state index < -0.39 is 11.8 Å². The zero-order valence-corrected chi connectivity index (χ0v) is 15.5. The van der Waals surface area contributed by atoms with Crippen LogP contribution in [0.1, 0.15) is 24.8 Å². The lowest BCUT2D eigenvalue weighted by molar-refractivity contribution is -0.263. The number of halogens is 3. The third-order valence-corrected chi connectivity index (χ3v) is 5.39. The molecule has 0 saturated carbocycles. The maximum Gasteiger partial charge on any atom is 0.417 e. The monoisotopic (exact) mass is 393 g/mol. The van der Waals surface area contributed by atoms with Gasteiger partial charge in [-0.3, -0.25) is 9.58 Å². The number of rotatable bonds is 3. The summed E-state index contributed by atoms with van der Waals surface area (Å²) < 4.78 is 47.1. The van der Waals surface area contributed by atoms with E-state index in [9.17, 15) is 18.3 Å². The molecule has 1 unspecified atom stereocenters. The minimum Gasteiger partial charge on any atom is -0.454 e. The lowest BCUT2D eigenvalue weighted by Crippen LogP contribution is -2.45. The molecule has 1 fully saturated rings. The Morgan fingerprint density at radius 1 is 1.21 bits per heavy atom.